The quantitative estimate of drug-likeness (QED) is 0.679. The van der Waals surface area contributed by atoms with Crippen LogP contribution in [0.2, 0.25) is 0 Å². The van der Waals surface area contributed by atoms with E-state index in [2.05, 4.69) is 57.1 Å². The van der Waals surface area contributed by atoms with Gasteiger partial charge in [-0.2, -0.15) is 0 Å². The first-order chi connectivity index (χ1) is 9.52. The molecule has 0 amide bonds. The van der Waals surface area contributed by atoms with Crippen LogP contribution in [-0.4, -0.2) is 13.2 Å². The van der Waals surface area contributed by atoms with Crippen molar-refractivity contribution in [3.05, 3.63) is 21.1 Å². The minimum atomic E-state index is 0.561. The van der Waals surface area contributed by atoms with Crippen LogP contribution in [0.1, 0.15) is 39.5 Å². The third kappa shape index (κ3) is 3.70. The first kappa shape index (κ1) is 16.2. The lowest BCUT2D eigenvalue weighted by Gasteiger charge is -2.36. The fourth-order valence-electron chi connectivity index (χ4n) is 3.13. The number of ether oxygens (including phenoxy) is 1. The maximum atomic E-state index is 5.40. The average Bonchev–Trinajstić information content (AvgIpc) is 2.42. The molecule has 0 saturated heterocycles. The monoisotopic (exact) mass is 403 g/mol. The molecule has 0 heterocycles. The van der Waals surface area contributed by atoms with Crippen LogP contribution in [0.3, 0.4) is 0 Å². The molecule has 20 heavy (non-hydrogen) atoms. The molecule has 1 aromatic carbocycles. The van der Waals surface area contributed by atoms with Gasteiger partial charge in [-0.15, -0.1) is 0 Å². The summed E-state index contributed by atoms with van der Waals surface area (Å²) in [5.74, 6) is 2.35. The summed E-state index contributed by atoms with van der Waals surface area (Å²) in [7, 11) is 1.70. The Morgan fingerprint density at radius 1 is 1.15 bits per heavy atom. The van der Waals surface area contributed by atoms with Crippen molar-refractivity contribution in [3.8, 4) is 5.75 Å². The second-order valence-corrected chi connectivity index (χ2v) is 7.62. The Morgan fingerprint density at radius 3 is 2.50 bits per heavy atom. The number of hydrogen-bond donors (Lipinski definition) is 1. The summed E-state index contributed by atoms with van der Waals surface area (Å²) in [4.78, 5) is 0. The summed E-state index contributed by atoms with van der Waals surface area (Å²) in [6, 6.07) is 4.68. The zero-order chi connectivity index (χ0) is 14.7. The lowest BCUT2D eigenvalue weighted by molar-refractivity contribution is 0.253. The average molecular weight is 405 g/mol. The minimum Gasteiger partial charge on any atom is -0.495 e. The first-order valence-corrected chi connectivity index (χ1v) is 8.91. The first-order valence-electron chi connectivity index (χ1n) is 7.32. The van der Waals surface area contributed by atoms with Crippen molar-refractivity contribution in [1.82, 2.24) is 0 Å². The molecule has 0 bridgehead atoms. The van der Waals surface area contributed by atoms with E-state index < -0.39 is 0 Å². The Kier molecular flexibility index (Phi) is 5.79. The van der Waals surface area contributed by atoms with Gasteiger partial charge in [0, 0.05) is 16.6 Å². The van der Waals surface area contributed by atoms with Crippen molar-refractivity contribution < 1.29 is 4.74 Å². The largest absolute Gasteiger partial charge is 0.495 e. The van der Waals surface area contributed by atoms with Gasteiger partial charge in [0.15, 0.2) is 0 Å². The van der Waals surface area contributed by atoms with Crippen LogP contribution in [-0.2, 0) is 0 Å². The lowest BCUT2D eigenvalue weighted by Crippen LogP contribution is -2.35. The Hall–Kier alpha value is -0.220. The van der Waals surface area contributed by atoms with Crippen LogP contribution in [0, 0.1) is 11.8 Å². The molecule has 2 rings (SSSR count). The number of halogens is 2. The predicted octanol–water partition coefficient (Wildman–Crippen LogP) is 5.85. The summed E-state index contributed by atoms with van der Waals surface area (Å²) in [5, 5.41) is 3.73. The predicted molar refractivity (Wildman–Crippen MR) is 92.6 cm³/mol. The van der Waals surface area contributed by atoms with E-state index in [1.165, 1.54) is 25.7 Å². The number of hydrogen-bond acceptors (Lipinski definition) is 2. The maximum absolute atomic E-state index is 5.40. The second-order valence-electron chi connectivity index (χ2n) is 5.91. The highest BCUT2D eigenvalue weighted by Gasteiger charge is 2.27. The summed E-state index contributed by atoms with van der Waals surface area (Å²) < 4.78 is 7.45. The molecule has 1 N–H and O–H groups in total. The zero-order valence-electron chi connectivity index (χ0n) is 12.4. The Bertz CT molecular complexity index is 462. The molecule has 2 atom stereocenters. The van der Waals surface area contributed by atoms with E-state index in [0.717, 1.165) is 32.2 Å². The van der Waals surface area contributed by atoms with Crippen LogP contribution in [0.4, 0.5) is 5.69 Å². The van der Waals surface area contributed by atoms with Crippen molar-refractivity contribution >= 4 is 37.5 Å². The number of anilines is 1. The molecular weight excluding hydrogens is 382 g/mol. The van der Waals surface area contributed by atoms with Crippen LogP contribution in [0.15, 0.2) is 21.1 Å². The van der Waals surface area contributed by atoms with Gasteiger partial charge in [0.25, 0.3) is 0 Å². The van der Waals surface area contributed by atoms with E-state index in [0.29, 0.717) is 6.04 Å². The van der Waals surface area contributed by atoms with E-state index in [1.807, 2.05) is 6.07 Å². The van der Waals surface area contributed by atoms with E-state index in [-0.39, 0.29) is 0 Å². The fraction of sp³-hybridized carbons (Fsp3) is 0.625. The maximum Gasteiger partial charge on any atom is 0.135 e. The molecule has 2 unspecified atom stereocenters. The van der Waals surface area contributed by atoms with Crippen molar-refractivity contribution in [2.75, 3.05) is 12.4 Å². The van der Waals surface area contributed by atoms with Crippen LogP contribution < -0.4 is 10.1 Å². The summed E-state index contributed by atoms with van der Waals surface area (Å²) in [6.45, 7) is 4.67. The molecule has 0 aliphatic heterocycles. The number of rotatable bonds is 4. The van der Waals surface area contributed by atoms with Crippen molar-refractivity contribution in [2.45, 2.75) is 45.6 Å². The molecular formula is C16H23Br2NO. The Balaban J connectivity index is 2.19. The van der Waals surface area contributed by atoms with Gasteiger partial charge >= 0.3 is 0 Å². The minimum absolute atomic E-state index is 0.561. The second kappa shape index (κ2) is 7.17. The van der Waals surface area contributed by atoms with Crippen LogP contribution >= 0.6 is 31.9 Å². The molecule has 1 aliphatic carbocycles. The normalized spacial score (nSPS) is 22.9. The highest BCUT2D eigenvalue weighted by molar-refractivity contribution is 9.11. The zero-order valence-corrected chi connectivity index (χ0v) is 15.6. The van der Waals surface area contributed by atoms with Gasteiger partial charge in [0.1, 0.15) is 5.75 Å². The highest BCUT2D eigenvalue weighted by Crippen LogP contribution is 2.38. The van der Waals surface area contributed by atoms with Crippen molar-refractivity contribution in [3.63, 3.8) is 0 Å². The number of methoxy groups -OCH3 is 1. The van der Waals surface area contributed by atoms with E-state index >= 15 is 0 Å². The number of benzene rings is 1. The summed E-state index contributed by atoms with van der Waals surface area (Å²) >= 11 is 7.17. The smallest absolute Gasteiger partial charge is 0.135 e. The van der Waals surface area contributed by atoms with E-state index in [4.69, 9.17) is 4.74 Å². The van der Waals surface area contributed by atoms with Crippen molar-refractivity contribution in [1.29, 1.82) is 0 Å². The van der Waals surface area contributed by atoms with E-state index in [9.17, 15) is 0 Å². The van der Waals surface area contributed by atoms with Crippen LogP contribution in [0.5, 0.6) is 5.75 Å². The third-order valence-corrected chi connectivity index (χ3v) is 5.53. The topological polar surface area (TPSA) is 21.3 Å². The molecule has 0 spiro atoms. The van der Waals surface area contributed by atoms with Gasteiger partial charge < -0.3 is 10.1 Å². The van der Waals surface area contributed by atoms with E-state index in [1.54, 1.807) is 7.11 Å². The number of nitrogens with one attached hydrogen (secondary N) is 1. The summed E-state index contributed by atoms with van der Waals surface area (Å²) in [5.41, 5.74) is 1.13. The fourth-order valence-corrected chi connectivity index (χ4v) is 4.40. The third-order valence-electron chi connectivity index (χ3n) is 4.26. The molecule has 112 valence electrons. The van der Waals surface area contributed by atoms with Gasteiger partial charge in [0.2, 0.25) is 0 Å². The SMILES string of the molecule is COc1cc(NC2CCCCC2C(C)C)c(Br)cc1Br. The molecule has 1 aromatic rings. The standard InChI is InChI=1S/C16H23Br2NO/c1-10(2)11-6-4-5-7-14(11)19-15-9-16(20-3)13(18)8-12(15)17/h8-11,14,19H,4-7H2,1-3H3. The van der Waals surface area contributed by atoms with Crippen LogP contribution in [0.25, 0.3) is 0 Å². The molecule has 4 heteroatoms. The molecule has 1 saturated carbocycles. The summed E-state index contributed by atoms with van der Waals surface area (Å²) in [6.07, 6.45) is 5.28. The van der Waals surface area contributed by atoms with Crippen molar-refractivity contribution in [2.24, 2.45) is 11.8 Å². The molecule has 0 aromatic heterocycles. The lowest BCUT2D eigenvalue weighted by atomic mass is 9.78. The molecule has 0 radical (unpaired) electrons. The molecule has 1 aliphatic rings. The van der Waals surface area contributed by atoms with Gasteiger partial charge in [-0.1, -0.05) is 26.7 Å². The highest BCUT2D eigenvalue weighted by atomic mass is 79.9. The molecule has 1 fully saturated rings. The van der Waals surface area contributed by atoms with Gasteiger partial charge in [-0.3, -0.25) is 0 Å². The Morgan fingerprint density at radius 2 is 1.85 bits per heavy atom. The van der Waals surface area contributed by atoms with Gasteiger partial charge in [0.05, 0.1) is 17.3 Å². The van der Waals surface area contributed by atoms with Gasteiger partial charge in [-0.05, 0) is 62.6 Å². The van der Waals surface area contributed by atoms with Gasteiger partial charge in [-0.25, -0.2) is 0 Å². The molecule has 2 nitrogen and oxygen atoms in total. The Labute approximate surface area is 138 Å².